The minimum Gasteiger partial charge on any atom is -0.434 e. The Morgan fingerprint density at radius 3 is 2.62 bits per heavy atom. The Bertz CT molecular complexity index is 878. The highest BCUT2D eigenvalue weighted by Crippen LogP contribution is 2.32. The molecular formula is C16H9BrN2OS. The minimum absolute atomic E-state index is 0.564. The molecule has 21 heavy (non-hydrogen) atoms. The van der Waals surface area contributed by atoms with Gasteiger partial charge < -0.3 is 4.42 Å². The zero-order valence-corrected chi connectivity index (χ0v) is 13.2. The smallest absolute Gasteiger partial charge is 0.256 e. The second-order valence-electron chi connectivity index (χ2n) is 4.52. The fraction of sp³-hybridized carbons (Fsp3) is 0. The van der Waals surface area contributed by atoms with Crippen LogP contribution in [0.4, 0.5) is 0 Å². The normalized spacial score (nSPS) is 11.1. The molecule has 0 amide bonds. The number of benzene rings is 2. The molecule has 3 nitrogen and oxygen atoms in total. The third-order valence-corrected chi connectivity index (χ3v) is 4.66. The van der Waals surface area contributed by atoms with E-state index in [2.05, 4.69) is 32.0 Å². The van der Waals surface area contributed by atoms with Crippen molar-refractivity contribution in [2.24, 2.45) is 0 Å². The van der Waals surface area contributed by atoms with E-state index in [0.29, 0.717) is 5.89 Å². The number of thiazole rings is 1. The standard InChI is InChI=1S/C16H9BrN2OS/c17-11-7-5-10(6-8-11)13-9-18-15(20-13)16-19-12-3-1-2-4-14(12)21-16/h1-9H. The van der Waals surface area contributed by atoms with Crippen molar-refractivity contribution in [3.63, 3.8) is 0 Å². The van der Waals surface area contributed by atoms with E-state index in [1.807, 2.05) is 42.5 Å². The molecular weight excluding hydrogens is 348 g/mol. The minimum atomic E-state index is 0.564. The van der Waals surface area contributed by atoms with E-state index in [9.17, 15) is 0 Å². The fourth-order valence-electron chi connectivity index (χ4n) is 2.08. The third-order valence-electron chi connectivity index (χ3n) is 3.11. The first-order valence-corrected chi connectivity index (χ1v) is 7.98. The van der Waals surface area contributed by atoms with Crippen molar-refractivity contribution in [3.8, 4) is 22.2 Å². The van der Waals surface area contributed by atoms with E-state index in [4.69, 9.17) is 4.42 Å². The summed E-state index contributed by atoms with van der Waals surface area (Å²) in [5.74, 6) is 1.31. The zero-order chi connectivity index (χ0) is 14.2. The van der Waals surface area contributed by atoms with Crippen molar-refractivity contribution in [3.05, 3.63) is 59.2 Å². The lowest BCUT2D eigenvalue weighted by molar-refractivity contribution is 0.588. The summed E-state index contributed by atoms with van der Waals surface area (Å²) in [6.07, 6.45) is 1.74. The lowest BCUT2D eigenvalue weighted by Gasteiger charge is -1.95. The lowest BCUT2D eigenvalue weighted by atomic mass is 10.2. The molecule has 0 radical (unpaired) electrons. The van der Waals surface area contributed by atoms with Crippen LogP contribution in [0.2, 0.25) is 0 Å². The molecule has 0 fully saturated rings. The predicted molar refractivity (Wildman–Crippen MR) is 88.3 cm³/mol. The Kier molecular flexibility index (Phi) is 3.09. The molecule has 4 rings (SSSR count). The molecule has 0 N–H and O–H groups in total. The summed E-state index contributed by atoms with van der Waals surface area (Å²) in [4.78, 5) is 8.91. The van der Waals surface area contributed by atoms with Gasteiger partial charge in [-0.05, 0) is 24.3 Å². The van der Waals surface area contributed by atoms with Gasteiger partial charge in [0.05, 0.1) is 16.4 Å². The van der Waals surface area contributed by atoms with Crippen molar-refractivity contribution in [1.29, 1.82) is 0 Å². The molecule has 2 aromatic carbocycles. The van der Waals surface area contributed by atoms with Gasteiger partial charge in [0.25, 0.3) is 5.89 Å². The second-order valence-corrected chi connectivity index (χ2v) is 6.47. The van der Waals surface area contributed by atoms with E-state index in [1.54, 1.807) is 17.5 Å². The molecule has 0 spiro atoms. The molecule has 5 heteroatoms. The summed E-state index contributed by atoms with van der Waals surface area (Å²) in [5.41, 5.74) is 1.97. The molecule has 0 unspecified atom stereocenters. The Labute approximate surface area is 133 Å². The van der Waals surface area contributed by atoms with Gasteiger partial charge in [-0.3, -0.25) is 0 Å². The number of oxazole rings is 1. The summed E-state index contributed by atoms with van der Waals surface area (Å²) in [5, 5.41) is 0.805. The number of aromatic nitrogens is 2. The lowest BCUT2D eigenvalue weighted by Crippen LogP contribution is -1.73. The summed E-state index contributed by atoms with van der Waals surface area (Å²) in [6.45, 7) is 0. The number of hydrogen-bond acceptors (Lipinski definition) is 4. The van der Waals surface area contributed by atoms with Crippen molar-refractivity contribution < 1.29 is 4.42 Å². The molecule has 0 aliphatic heterocycles. The van der Waals surface area contributed by atoms with Gasteiger partial charge in [-0.15, -0.1) is 11.3 Å². The van der Waals surface area contributed by atoms with E-state index in [0.717, 1.165) is 31.0 Å². The highest BCUT2D eigenvalue weighted by Gasteiger charge is 2.12. The second kappa shape index (κ2) is 5.09. The number of nitrogens with zero attached hydrogens (tertiary/aromatic N) is 2. The van der Waals surface area contributed by atoms with Crippen LogP contribution in [0.1, 0.15) is 0 Å². The van der Waals surface area contributed by atoms with Crippen LogP contribution in [0, 0.1) is 0 Å². The van der Waals surface area contributed by atoms with Crippen molar-refractivity contribution in [1.82, 2.24) is 9.97 Å². The van der Waals surface area contributed by atoms with Crippen molar-refractivity contribution in [2.45, 2.75) is 0 Å². The van der Waals surface area contributed by atoms with Gasteiger partial charge in [0.2, 0.25) is 0 Å². The summed E-state index contributed by atoms with van der Waals surface area (Å²) < 4.78 is 8.02. The van der Waals surface area contributed by atoms with Crippen LogP contribution >= 0.6 is 27.3 Å². The molecule has 0 saturated carbocycles. The maximum atomic E-state index is 5.85. The van der Waals surface area contributed by atoms with Crippen LogP contribution in [0.25, 0.3) is 32.4 Å². The van der Waals surface area contributed by atoms with Gasteiger partial charge in [-0.2, -0.15) is 0 Å². The van der Waals surface area contributed by atoms with E-state index < -0.39 is 0 Å². The Morgan fingerprint density at radius 2 is 1.81 bits per heavy atom. The first-order chi connectivity index (χ1) is 10.3. The first-order valence-electron chi connectivity index (χ1n) is 6.37. The number of hydrogen-bond donors (Lipinski definition) is 0. The molecule has 0 saturated heterocycles. The Morgan fingerprint density at radius 1 is 1.00 bits per heavy atom. The number of rotatable bonds is 2. The van der Waals surface area contributed by atoms with Crippen LogP contribution in [0.5, 0.6) is 0 Å². The van der Waals surface area contributed by atoms with E-state index >= 15 is 0 Å². The summed E-state index contributed by atoms with van der Waals surface area (Å²) in [6, 6.07) is 16.0. The molecule has 2 heterocycles. The molecule has 4 aromatic rings. The van der Waals surface area contributed by atoms with Gasteiger partial charge in [0.15, 0.2) is 10.8 Å². The van der Waals surface area contributed by atoms with Crippen molar-refractivity contribution in [2.75, 3.05) is 0 Å². The van der Waals surface area contributed by atoms with Crippen molar-refractivity contribution >= 4 is 37.5 Å². The molecule has 102 valence electrons. The number of fused-ring (bicyclic) bond motifs is 1. The maximum Gasteiger partial charge on any atom is 0.256 e. The monoisotopic (exact) mass is 356 g/mol. The average molecular weight is 357 g/mol. The molecule has 0 aliphatic rings. The highest BCUT2D eigenvalue weighted by molar-refractivity contribution is 9.10. The van der Waals surface area contributed by atoms with E-state index in [-0.39, 0.29) is 0 Å². The largest absolute Gasteiger partial charge is 0.434 e. The zero-order valence-electron chi connectivity index (χ0n) is 10.8. The topological polar surface area (TPSA) is 38.9 Å². The van der Waals surface area contributed by atoms with Gasteiger partial charge >= 0.3 is 0 Å². The molecule has 0 bridgehead atoms. The van der Waals surface area contributed by atoms with Crippen LogP contribution in [0.3, 0.4) is 0 Å². The van der Waals surface area contributed by atoms with Gasteiger partial charge in [-0.1, -0.05) is 40.2 Å². The van der Waals surface area contributed by atoms with Crippen LogP contribution in [-0.4, -0.2) is 9.97 Å². The van der Waals surface area contributed by atoms with Gasteiger partial charge in [-0.25, -0.2) is 9.97 Å². The van der Waals surface area contributed by atoms with Gasteiger partial charge in [0, 0.05) is 10.0 Å². The van der Waals surface area contributed by atoms with Gasteiger partial charge in [0.1, 0.15) is 0 Å². The third kappa shape index (κ3) is 2.39. The molecule has 0 atom stereocenters. The maximum absolute atomic E-state index is 5.85. The average Bonchev–Trinajstić information content (AvgIpc) is 3.14. The SMILES string of the molecule is Brc1ccc(-c2cnc(-c3nc4ccccc4s3)o2)cc1. The molecule has 2 aromatic heterocycles. The van der Waals surface area contributed by atoms with Crippen LogP contribution in [-0.2, 0) is 0 Å². The predicted octanol–water partition coefficient (Wildman–Crippen LogP) is 5.38. The van der Waals surface area contributed by atoms with Crippen LogP contribution < -0.4 is 0 Å². The fourth-order valence-corrected chi connectivity index (χ4v) is 3.25. The Hall–Kier alpha value is -1.98. The first kappa shape index (κ1) is 12.7. The quantitative estimate of drug-likeness (QED) is 0.483. The summed E-state index contributed by atoms with van der Waals surface area (Å²) >= 11 is 5.01. The number of halogens is 1. The molecule has 0 aliphatic carbocycles. The summed E-state index contributed by atoms with van der Waals surface area (Å²) in [7, 11) is 0. The highest BCUT2D eigenvalue weighted by atomic mass is 79.9. The van der Waals surface area contributed by atoms with Crippen LogP contribution in [0.15, 0.2) is 63.6 Å². The van der Waals surface area contributed by atoms with E-state index in [1.165, 1.54) is 0 Å². The number of para-hydroxylation sites is 1. The Balaban J connectivity index is 1.75.